The number of aldehydes is 1. The lowest BCUT2D eigenvalue weighted by Crippen LogP contribution is -2.10. The van der Waals surface area contributed by atoms with Gasteiger partial charge >= 0.3 is 0 Å². The second kappa shape index (κ2) is 6.34. The fourth-order valence-corrected chi connectivity index (χ4v) is 4.05. The monoisotopic (exact) mass is 369 g/mol. The largest absolute Gasteiger partial charge is 0.325 e. The van der Waals surface area contributed by atoms with Gasteiger partial charge in [0, 0.05) is 30.7 Å². The summed E-state index contributed by atoms with van der Waals surface area (Å²) in [7, 11) is 1.87. The SMILES string of the molecule is Cc1ccnc2ccc(CC3CC=Nc4ccc5c(nc(C=O)n5C)c43)nc12. The van der Waals surface area contributed by atoms with E-state index in [9.17, 15) is 4.79 Å². The first-order valence-electron chi connectivity index (χ1n) is 9.34. The average Bonchev–Trinajstić information content (AvgIpc) is 3.05. The molecule has 138 valence electrons. The Labute approximate surface area is 162 Å². The lowest BCUT2D eigenvalue weighted by atomic mass is 9.87. The summed E-state index contributed by atoms with van der Waals surface area (Å²) in [5.74, 6) is 0.648. The van der Waals surface area contributed by atoms with E-state index in [-0.39, 0.29) is 5.92 Å². The Kier molecular flexibility index (Phi) is 3.79. The van der Waals surface area contributed by atoms with Crippen LogP contribution in [-0.2, 0) is 13.5 Å². The number of pyridine rings is 2. The molecule has 1 unspecified atom stereocenters. The predicted octanol–water partition coefficient (Wildman–Crippen LogP) is 4.07. The van der Waals surface area contributed by atoms with Crippen molar-refractivity contribution >= 4 is 40.3 Å². The molecule has 0 saturated heterocycles. The first-order valence-corrected chi connectivity index (χ1v) is 9.34. The highest BCUT2D eigenvalue weighted by Gasteiger charge is 2.24. The summed E-state index contributed by atoms with van der Waals surface area (Å²) in [6.45, 7) is 2.06. The second-order valence-electron chi connectivity index (χ2n) is 7.26. The Morgan fingerprint density at radius 3 is 2.89 bits per heavy atom. The van der Waals surface area contributed by atoms with Crippen LogP contribution in [0, 0.1) is 6.92 Å². The molecule has 3 aromatic heterocycles. The number of imidazole rings is 1. The number of hydrogen-bond acceptors (Lipinski definition) is 5. The lowest BCUT2D eigenvalue weighted by molar-refractivity contribution is 0.111. The van der Waals surface area contributed by atoms with Gasteiger partial charge in [-0.2, -0.15) is 0 Å². The van der Waals surface area contributed by atoms with Crippen LogP contribution in [-0.4, -0.2) is 32.0 Å². The molecule has 1 aliphatic heterocycles. The number of aliphatic imine (C=N–C) groups is 1. The fourth-order valence-electron chi connectivity index (χ4n) is 4.05. The highest BCUT2D eigenvalue weighted by atomic mass is 16.1. The van der Waals surface area contributed by atoms with Crippen molar-refractivity contribution in [1.82, 2.24) is 19.5 Å². The maximum atomic E-state index is 11.4. The van der Waals surface area contributed by atoms with Gasteiger partial charge in [0.05, 0.1) is 27.8 Å². The zero-order valence-corrected chi connectivity index (χ0v) is 15.8. The molecule has 0 fully saturated rings. The third kappa shape index (κ3) is 2.52. The number of aromatic nitrogens is 4. The topological polar surface area (TPSA) is 73.0 Å². The zero-order chi connectivity index (χ0) is 19.3. The standard InChI is InChI=1S/C22H19N5O/c1-13-7-9-24-17-4-3-15(25-21(13)17)11-14-8-10-23-16-5-6-18-22(20(14)16)26-19(12-28)27(18)2/h3-7,9-10,12,14H,8,11H2,1-2H3. The number of carbonyl (C=O) groups excluding carboxylic acids is 1. The molecule has 6 heteroatoms. The number of hydrogen-bond donors (Lipinski definition) is 0. The van der Waals surface area contributed by atoms with Crippen molar-refractivity contribution < 1.29 is 4.79 Å². The van der Waals surface area contributed by atoms with Gasteiger partial charge in [0.2, 0.25) is 0 Å². The molecule has 0 bridgehead atoms. The first kappa shape index (κ1) is 16.7. The molecule has 0 radical (unpaired) electrons. The van der Waals surface area contributed by atoms with Crippen molar-refractivity contribution in [2.45, 2.75) is 25.7 Å². The third-order valence-corrected chi connectivity index (χ3v) is 5.54. The van der Waals surface area contributed by atoms with E-state index in [2.05, 4.69) is 28.0 Å². The first-order chi connectivity index (χ1) is 13.7. The van der Waals surface area contributed by atoms with Gasteiger partial charge in [0.1, 0.15) is 0 Å². The minimum absolute atomic E-state index is 0.215. The van der Waals surface area contributed by atoms with Gasteiger partial charge in [0.25, 0.3) is 0 Å². The van der Waals surface area contributed by atoms with Crippen LogP contribution in [0.4, 0.5) is 5.69 Å². The van der Waals surface area contributed by atoms with Crippen LogP contribution in [0.1, 0.15) is 39.8 Å². The number of carbonyl (C=O) groups is 1. The Morgan fingerprint density at radius 2 is 2.04 bits per heavy atom. The molecule has 6 nitrogen and oxygen atoms in total. The molecule has 1 aliphatic rings. The summed E-state index contributed by atoms with van der Waals surface area (Å²) >= 11 is 0. The summed E-state index contributed by atoms with van der Waals surface area (Å²) in [6, 6.07) is 10.1. The summed E-state index contributed by atoms with van der Waals surface area (Å²) in [4.78, 5) is 29.8. The Morgan fingerprint density at radius 1 is 1.14 bits per heavy atom. The Hall–Kier alpha value is -3.41. The van der Waals surface area contributed by atoms with Crippen molar-refractivity contribution in [3.8, 4) is 0 Å². The average molecular weight is 369 g/mol. The number of benzene rings is 1. The molecule has 4 heterocycles. The quantitative estimate of drug-likeness (QED) is 0.510. The third-order valence-electron chi connectivity index (χ3n) is 5.54. The maximum Gasteiger partial charge on any atom is 0.185 e. The zero-order valence-electron chi connectivity index (χ0n) is 15.8. The van der Waals surface area contributed by atoms with E-state index in [1.54, 1.807) is 0 Å². The van der Waals surface area contributed by atoms with E-state index < -0.39 is 0 Å². The van der Waals surface area contributed by atoms with Crippen molar-refractivity contribution in [2.24, 2.45) is 12.0 Å². The molecule has 0 aliphatic carbocycles. The summed E-state index contributed by atoms with van der Waals surface area (Å²) < 4.78 is 1.83. The highest BCUT2D eigenvalue weighted by Crippen LogP contribution is 2.39. The molecule has 0 saturated carbocycles. The summed E-state index contributed by atoms with van der Waals surface area (Å²) in [6.07, 6.45) is 6.19. The maximum absolute atomic E-state index is 11.4. The molecule has 5 rings (SSSR count). The van der Waals surface area contributed by atoms with Crippen LogP contribution in [0.2, 0.25) is 0 Å². The van der Waals surface area contributed by atoms with Crippen LogP contribution in [0.25, 0.3) is 22.1 Å². The van der Waals surface area contributed by atoms with E-state index >= 15 is 0 Å². The van der Waals surface area contributed by atoms with E-state index in [0.29, 0.717) is 5.82 Å². The molecule has 4 aromatic rings. The fraction of sp³-hybridized carbons (Fsp3) is 0.227. The minimum Gasteiger partial charge on any atom is -0.325 e. The summed E-state index contributed by atoms with van der Waals surface area (Å²) in [5, 5.41) is 0. The van der Waals surface area contributed by atoms with Crippen molar-refractivity contribution in [1.29, 1.82) is 0 Å². The van der Waals surface area contributed by atoms with Gasteiger partial charge < -0.3 is 4.57 Å². The molecule has 0 N–H and O–H groups in total. The molecule has 28 heavy (non-hydrogen) atoms. The van der Waals surface area contributed by atoms with Crippen LogP contribution >= 0.6 is 0 Å². The Bertz CT molecular complexity index is 1270. The van der Waals surface area contributed by atoms with E-state index in [1.807, 2.05) is 48.3 Å². The second-order valence-corrected chi connectivity index (χ2v) is 7.26. The highest BCUT2D eigenvalue weighted by molar-refractivity contribution is 5.91. The summed E-state index contributed by atoms with van der Waals surface area (Å²) in [5.41, 5.74) is 7.86. The number of nitrogens with zero attached hydrogens (tertiary/aromatic N) is 5. The van der Waals surface area contributed by atoms with Crippen molar-refractivity contribution in [3.05, 3.63) is 59.2 Å². The molecule has 0 amide bonds. The van der Waals surface area contributed by atoms with E-state index in [4.69, 9.17) is 4.98 Å². The molecular formula is C22H19N5O. The van der Waals surface area contributed by atoms with Gasteiger partial charge in [-0.15, -0.1) is 0 Å². The number of rotatable bonds is 3. The van der Waals surface area contributed by atoms with Crippen molar-refractivity contribution in [3.63, 3.8) is 0 Å². The van der Waals surface area contributed by atoms with Crippen LogP contribution in [0.15, 0.2) is 41.5 Å². The molecular weight excluding hydrogens is 350 g/mol. The van der Waals surface area contributed by atoms with Crippen LogP contribution in [0.5, 0.6) is 0 Å². The molecule has 1 atom stereocenters. The number of aryl methyl sites for hydroxylation is 2. The van der Waals surface area contributed by atoms with Crippen LogP contribution in [0.3, 0.4) is 0 Å². The Balaban J connectivity index is 1.62. The normalized spacial score (nSPS) is 15.9. The molecule has 1 aromatic carbocycles. The van der Waals surface area contributed by atoms with Gasteiger partial charge in [-0.3, -0.25) is 19.8 Å². The van der Waals surface area contributed by atoms with E-state index in [1.165, 1.54) is 0 Å². The van der Waals surface area contributed by atoms with Gasteiger partial charge in [0.15, 0.2) is 12.1 Å². The van der Waals surface area contributed by atoms with Gasteiger partial charge in [-0.05, 0) is 61.6 Å². The van der Waals surface area contributed by atoms with Gasteiger partial charge in [-0.1, -0.05) is 0 Å². The smallest absolute Gasteiger partial charge is 0.185 e. The predicted molar refractivity (Wildman–Crippen MR) is 110 cm³/mol. The lowest BCUT2D eigenvalue weighted by Gasteiger charge is -2.21. The van der Waals surface area contributed by atoms with Crippen LogP contribution < -0.4 is 0 Å². The van der Waals surface area contributed by atoms with Gasteiger partial charge in [-0.25, -0.2) is 4.98 Å². The van der Waals surface area contributed by atoms with E-state index in [0.717, 1.165) is 63.7 Å². The van der Waals surface area contributed by atoms with Crippen molar-refractivity contribution in [2.75, 3.05) is 0 Å². The minimum atomic E-state index is 0.215. The molecule has 0 spiro atoms. The number of fused-ring (bicyclic) bond motifs is 4.